The van der Waals surface area contributed by atoms with E-state index in [0.29, 0.717) is 6.42 Å². The number of unbranched alkanes of at least 4 members (excludes halogenated alkanes) is 3. The van der Waals surface area contributed by atoms with E-state index < -0.39 is 5.97 Å². The Balaban J connectivity index is 1.56. The molecule has 0 radical (unpaired) electrons. The molecule has 4 N–H and O–H groups in total. The maximum atomic E-state index is 13.5. The summed E-state index contributed by atoms with van der Waals surface area (Å²) in [6, 6.07) is -0.244. The van der Waals surface area contributed by atoms with Crippen molar-refractivity contribution in [1.82, 2.24) is 15.3 Å². The zero-order valence-corrected chi connectivity index (χ0v) is 29.0. The van der Waals surface area contributed by atoms with E-state index >= 15 is 0 Å². The van der Waals surface area contributed by atoms with Gasteiger partial charge in [-0.05, 0) is 87.4 Å². The fourth-order valence-corrected chi connectivity index (χ4v) is 8.09. The number of carboxylic acids is 1. The Bertz CT molecular complexity index is 1860. The fourth-order valence-electron chi connectivity index (χ4n) is 8.09. The van der Waals surface area contributed by atoms with Gasteiger partial charge in [0.25, 0.3) is 0 Å². The minimum absolute atomic E-state index is 0.0341. The van der Waals surface area contributed by atoms with E-state index in [1.165, 1.54) is 30.4 Å². The number of Topliss-reactive ketones (excluding diaryl/α,β-unsaturated/α-hetero) is 1. The maximum Gasteiger partial charge on any atom is 0.303 e. The Kier molecular flexibility index (Phi) is 9.34. The normalized spacial score (nSPS) is 24.8. The van der Waals surface area contributed by atoms with Crippen LogP contribution < -0.4 is 16.0 Å². The van der Waals surface area contributed by atoms with E-state index in [0.717, 1.165) is 86.5 Å². The van der Waals surface area contributed by atoms with Gasteiger partial charge >= 0.3 is 5.97 Å². The number of carbonyl (C=O) groups excluding carboxylic acids is 1. The molecule has 2 aromatic rings. The van der Waals surface area contributed by atoms with E-state index in [1.807, 2.05) is 6.92 Å². The molecule has 8 heteroatoms. The number of aromatic nitrogens is 2. The number of carbonyl (C=O) groups is 2. The number of rotatable bonds is 11. The molecule has 1 saturated carbocycles. The number of aliphatic carboxylic acids is 1. The molecule has 0 aromatic carbocycles. The molecule has 47 heavy (non-hydrogen) atoms. The number of hydrogen-bond acceptors (Lipinski definition) is 5. The minimum Gasteiger partial charge on any atom is -0.481 e. The highest BCUT2D eigenvalue weighted by Crippen LogP contribution is 2.44. The molecular formula is C39H50N4O4. The van der Waals surface area contributed by atoms with Gasteiger partial charge in [-0.3, -0.25) is 14.6 Å². The van der Waals surface area contributed by atoms with Gasteiger partial charge in [0.05, 0.1) is 17.9 Å². The largest absolute Gasteiger partial charge is 0.481 e. The first kappa shape index (κ1) is 33.0. The number of ketones is 1. The van der Waals surface area contributed by atoms with Gasteiger partial charge in [-0.1, -0.05) is 40.0 Å². The number of ether oxygens (including phenoxy) is 1. The molecule has 3 aliphatic heterocycles. The van der Waals surface area contributed by atoms with Gasteiger partial charge in [0.15, 0.2) is 5.78 Å². The molecule has 2 fully saturated rings. The lowest BCUT2D eigenvalue weighted by Gasteiger charge is -2.16. The second-order valence-corrected chi connectivity index (χ2v) is 13.8. The van der Waals surface area contributed by atoms with Gasteiger partial charge < -0.3 is 25.1 Å². The average Bonchev–Trinajstić information content (AvgIpc) is 3.78. The molecule has 1 aliphatic carbocycles. The van der Waals surface area contributed by atoms with Gasteiger partial charge in [0, 0.05) is 81.5 Å². The van der Waals surface area contributed by atoms with Crippen LogP contribution in [0.5, 0.6) is 0 Å². The van der Waals surface area contributed by atoms with Crippen molar-refractivity contribution in [3.8, 4) is 0 Å². The average molecular weight is 639 g/mol. The molecule has 2 aromatic heterocycles. The zero-order valence-electron chi connectivity index (χ0n) is 29.0. The lowest BCUT2D eigenvalue weighted by molar-refractivity contribution is -0.137. The predicted molar refractivity (Wildman–Crippen MR) is 187 cm³/mol. The Labute approximate surface area is 277 Å². The number of aliphatic imine (C=N–C) groups is 1. The summed E-state index contributed by atoms with van der Waals surface area (Å²) in [5.74, 6) is -0.751. The van der Waals surface area contributed by atoms with Crippen LogP contribution in [0.25, 0.3) is 18.2 Å². The van der Waals surface area contributed by atoms with E-state index in [4.69, 9.17) is 9.73 Å². The topological polar surface area (TPSA) is 120 Å². The molecular weight excluding hydrogens is 588 g/mol. The second kappa shape index (κ2) is 13.3. The van der Waals surface area contributed by atoms with Crippen LogP contribution in [-0.2, 0) is 20.7 Å². The van der Waals surface area contributed by atoms with Crippen molar-refractivity contribution >= 4 is 35.7 Å². The van der Waals surface area contributed by atoms with Crippen molar-refractivity contribution in [2.45, 2.75) is 112 Å². The van der Waals surface area contributed by atoms with Crippen LogP contribution in [0.2, 0.25) is 0 Å². The van der Waals surface area contributed by atoms with Gasteiger partial charge in [-0.15, -0.1) is 0 Å². The minimum atomic E-state index is -0.815. The summed E-state index contributed by atoms with van der Waals surface area (Å²) in [5.41, 5.74) is 12.1. The third kappa shape index (κ3) is 6.01. The first-order valence-corrected chi connectivity index (χ1v) is 17.5. The van der Waals surface area contributed by atoms with Crippen LogP contribution in [0.3, 0.4) is 0 Å². The number of fused-ring (bicyclic) bond motifs is 7. The Morgan fingerprint density at radius 1 is 1.06 bits per heavy atom. The molecule has 8 nitrogen and oxygen atoms in total. The molecule has 4 aliphatic rings. The van der Waals surface area contributed by atoms with Crippen molar-refractivity contribution in [1.29, 1.82) is 0 Å². The Hall–Kier alpha value is -3.91. The molecule has 6 rings (SSSR count). The maximum absolute atomic E-state index is 13.5. The van der Waals surface area contributed by atoms with Crippen LogP contribution in [0.1, 0.15) is 119 Å². The van der Waals surface area contributed by atoms with Crippen LogP contribution in [0.15, 0.2) is 33.1 Å². The van der Waals surface area contributed by atoms with E-state index in [1.54, 1.807) is 0 Å². The number of aromatic amines is 2. The Morgan fingerprint density at radius 3 is 2.57 bits per heavy atom. The third-order valence-corrected chi connectivity index (χ3v) is 10.8. The monoisotopic (exact) mass is 638 g/mol. The third-order valence-electron chi connectivity index (χ3n) is 10.8. The van der Waals surface area contributed by atoms with E-state index in [2.05, 4.69) is 75.1 Å². The summed E-state index contributed by atoms with van der Waals surface area (Å²) in [5, 5.41) is 15.4. The first-order valence-electron chi connectivity index (χ1n) is 17.5. The number of allylic oxidation sites excluding steroid dienone is 4. The quantitative estimate of drug-likeness (QED) is 0.218. The van der Waals surface area contributed by atoms with Gasteiger partial charge in [-0.25, -0.2) is 0 Å². The molecule has 1 saturated heterocycles. The van der Waals surface area contributed by atoms with Crippen molar-refractivity contribution in [2.75, 3.05) is 6.61 Å². The second-order valence-electron chi connectivity index (χ2n) is 13.8. The summed E-state index contributed by atoms with van der Waals surface area (Å²) < 4.78 is 6.45. The highest BCUT2D eigenvalue weighted by Gasteiger charge is 2.43. The Morgan fingerprint density at radius 2 is 1.85 bits per heavy atom. The van der Waals surface area contributed by atoms with Crippen LogP contribution in [0, 0.1) is 25.7 Å². The summed E-state index contributed by atoms with van der Waals surface area (Å²) in [6.45, 7) is 15.8. The van der Waals surface area contributed by atoms with Gasteiger partial charge in [-0.2, -0.15) is 0 Å². The van der Waals surface area contributed by atoms with Crippen molar-refractivity contribution in [3.63, 3.8) is 0 Å². The fraction of sp³-hybridized carbons (Fsp3) is 0.513. The molecule has 0 spiro atoms. The summed E-state index contributed by atoms with van der Waals surface area (Å²) in [6.07, 6.45) is 12.8. The van der Waals surface area contributed by atoms with Crippen molar-refractivity contribution in [3.05, 3.63) is 72.5 Å². The number of H-pyrrole nitrogens is 2. The highest BCUT2D eigenvalue weighted by atomic mass is 16.5. The summed E-state index contributed by atoms with van der Waals surface area (Å²) in [7, 11) is 0. The SMILES string of the molecule is CCCCCCOC(C)c1c2[nH]c(c1C)/C=C1\NC(=C3CC(=O)C4=C(C)C(/C=c5\[nH]/c(c(C)c5CC)=C\2)N=C34)[C@@H](CCC(=O)O)[C@@H]1C. The number of carboxylic acid groups (broad SMARTS) is 1. The van der Waals surface area contributed by atoms with Gasteiger partial charge in [0.1, 0.15) is 0 Å². The molecule has 4 atom stereocenters. The zero-order chi connectivity index (χ0) is 33.6. The van der Waals surface area contributed by atoms with Gasteiger partial charge in [0.2, 0.25) is 0 Å². The standard InChI is InChI=1S/C39H50N4O4/c1-8-10-11-12-15-47-24(7)36-22(5)30-17-29-21(4)26(13-14-35(45)46)38(42-29)27-16-34(44)37-23(6)31(43-39(27)37)18-32-25(9-2)20(3)28(40-32)19-33(36)41-30/h17-19,21,24,26,31,40-42H,8-16H2,1-7H3,(H,45,46)/b28-19-,29-17-,32-18-,38-27?/t21-,24?,26-,31?/m0/s1. The smallest absolute Gasteiger partial charge is 0.303 e. The number of nitrogens with one attached hydrogen (secondary N) is 3. The number of hydrogen-bond donors (Lipinski definition) is 4. The lowest BCUT2D eigenvalue weighted by atomic mass is 9.86. The lowest BCUT2D eigenvalue weighted by Crippen LogP contribution is -2.17. The molecule has 0 amide bonds. The number of nitrogens with zero attached hydrogens (tertiary/aromatic N) is 1. The van der Waals surface area contributed by atoms with Crippen molar-refractivity contribution < 1.29 is 19.4 Å². The molecule has 8 bridgehead atoms. The highest BCUT2D eigenvalue weighted by molar-refractivity contribution is 6.37. The van der Waals surface area contributed by atoms with Crippen LogP contribution in [-0.4, -0.2) is 45.2 Å². The van der Waals surface area contributed by atoms with Crippen LogP contribution in [0.4, 0.5) is 0 Å². The van der Waals surface area contributed by atoms with Crippen LogP contribution >= 0.6 is 0 Å². The molecule has 5 heterocycles. The summed E-state index contributed by atoms with van der Waals surface area (Å²) in [4.78, 5) is 37.9. The molecule has 250 valence electrons. The first-order chi connectivity index (χ1) is 22.5. The molecule has 2 unspecified atom stereocenters. The van der Waals surface area contributed by atoms with Crippen molar-refractivity contribution in [2.24, 2.45) is 16.8 Å². The summed E-state index contributed by atoms with van der Waals surface area (Å²) >= 11 is 0. The predicted octanol–water partition coefficient (Wildman–Crippen LogP) is 6.23. The van der Waals surface area contributed by atoms with E-state index in [9.17, 15) is 14.7 Å². The van der Waals surface area contributed by atoms with E-state index in [-0.39, 0.29) is 42.6 Å².